The predicted octanol–water partition coefficient (Wildman–Crippen LogP) is 4.54. The zero-order valence-electron chi connectivity index (χ0n) is 16.1. The minimum Gasteiger partial charge on any atom is -0.312 e. The highest BCUT2D eigenvalue weighted by molar-refractivity contribution is 5.06. The summed E-state index contributed by atoms with van der Waals surface area (Å²) in [6, 6.07) is 0.832. The normalized spacial score (nSPS) is 35.5. The molecule has 0 radical (unpaired) electrons. The maximum atomic E-state index is 3.91. The number of allylic oxidation sites excluding steroid dienone is 3. The molecule has 4 fully saturated rings. The van der Waals surface area contributed by atoms with Gasteiger partial charge in [0.05, 0.1) is 0 Å². The lowest BCUT2D eigenvalue weighted by atomic mass is 9.54. The van der Waals surface area contributed by atoms with E-state index >= 15 is 0 Å². The number of hydrogen-bond acceptors (Lipinski definition) is 2. The van der Waals surface area contributed by atoms with Gasteiger partial charge in [-0.25, -0.2) is 0 Å². The van der Waals surface area contributed by atoms with E-state index in [1.54, 1.807) is 6.42 Å². The standard InChI is InChI=1S/C22H38N2/c1-16(2)5-4-6-17(3)7-8-23-9-10-24-22-20-12-18-11-19(14-20)15-21(22)13-18/h4-5,7,16,18-24H,6,8-15H2,1-3H3/b5-4+,17-7+. The Balaban J connectivity index is 1.28. The fraction of sp³-hybridized carbons (Fsp3) is 0.818. The molecule has 0 aliphatic heterocycles. The summed E-state index contributed by atoms with van der Waals surface area (Å²) in [4.78, 5) is 0. The fourth-order valence-corrected chi connectivity index (χ4v) is 5.54. The topological polar surface area (TPSA) is 24.1 Å². The predicted molar refractivity (Wildman–Crippen MR) is 104 cm³/mol. The molecule has 0 aromatic rings. The summed E-state index contributed by atoms with van der Waals surface area (Å²) in [5.41, 5.74) is 1.47. The van der Waals surface area contributed by atoms with Crippen LogP contribution in [0.1, 0.15) is 59.3 Å². The highest BCUT2D eigenvalue weighted by Crippen LogP contribution is 2.53. The van der Waals surface area contributed by atoms with Crippen molar-refractivity contribution >= 4 is 0 Å². The molecule has 4 aliphatic rings. The van der Waals surface area contributed by atoms with Crippen molar-refractivity contribution in [1.29, 1.82) is 0 Å². The largest absolute Gasteiger partial charge is 0.312 e. The zero-order valence-corrected chi connectivity index (χ0v) is 16.1. The van der Waals surface area contributed by atoms with Gasteiger partial charge in [0.2, 0.25) is 0 Å². The molecule has 0 atom stereocenters. The molecule has 4 saturated carbocycles. The summed E-state index contributed by atoms with van der Waals surface area (Å²) in [7, 11) is 0. The Bertz CT molecular complexity index is 421. The molecule has 0 aromatic heterocycles. The third kappa shape index (κ3) is 4.95. The lowest BCUT2D eigenvalue weighted by Crippen LogP contribution is -2.55. The maximum Gasteiger partial charge on any atom is 0.0138 e. The first kappa shape index (κ1) is 18.2. The second kappa shape index (κ2) is 8.67. The third-order valence-corrected chi connectivity index (χ3v) is 6.46. The van der Waals surface area contributed by atoms with E-state index < -0.39 is 0 Å². The van der Waals surface area contributed by atoms with Gasteiger partial charge in [0, 0.05) is 25.7 Å². The molecule has 2 N–H and O–H groups in total. The van der Waals surface area contributed by atoms with Gasteiger partial charge in [0.15, 0.2) is 0 Å². The van der Waals surface area contributed by atoms with E-state index in [2.05, 4.69) is 49.6 Å². The van der Waals surface area contributed by atoms with Gasteiger partial charge in [-0.15, -0.1) is 0 Å². The molecule has 0 amide bonds. The Morgan fingerprint density at radius 3 is 2.29 bits per heavy atom. The third-order valence-electron chi connectivity index (χ3n) is 6.46. The molecule has 0 aromatic carbocycles. The van der Waals surface area contributed by atoms with E-state index in [-0.39, 0.29) is 0 Å². The average molecular weight is 331 g/mol. The van der Waals surface area contributed by atoms with Crippen molar-refractivity contribution in [2.75, 3.05) is 19.6 Å². The second-order valence-electron chi connectivity index (χ2n) is 9.04. The summed E-state index contributed by atoms with van der Waals surface area (Å²) >= 11 is 0. The van der Waals surface area contributed by atoms with Crippen LogP contribution < -0.4 is 10.6 Å². The molecule has 24 heavy (non-hydrogen) atoms. The SMILES string of the molecule is C/C(=C\CNCCNC1C2CC3CC(C2)CC1C3)C/C=C/C(C)C. The van der Waals surface area contributed by atoms with Gasteiger partial charge in [-0.3, -0.25) is 0 Å². The van der Waals surface area contributed by atoms with Crippen molar-refractivity contribution in [2.24, 2.45) is 29.6 Å². The van der Waals surface area contributed by atoms with Gasteiger partial charge in [0.25, 0.3) is 0 Å². The minimum absolute atomic E-state index is 0.659. The van der Waals surface area contributed by atoms with Crippen molar-refractivity contribution in [2.45, 2.75) is 65.3 Å². The van der Waals surface area contributed by atoms with Gasteiger partial charge in [-0.1, -0.05) is 37.6 Å². The molecular weight excluding hydrogens is 292 g/mol. The monoisotopic (exact) mass is 330 g/mol. The molecule has 0 heterocycles. The van der Waals surface area contributed by atoms with Gasteiger partial charge >= 0.3 is 0 Å². The van der Waals surface area contributed by atoms with Crippen LogP contribution in [-0.2, 0) is 0 Å². The molecule has 0 unspecified atom stereocenters. The van der Waals surface area contributed by atoms with Crippen molar-refractivity contribution in [3.8, 4) is 0 Å². The first-order chi connectivity index (χ1) is 11.6. The molecule has 0 saturated heterocycles. The highest BCUT2D eigenvalue weighted by atomic mass is 15.0. The molecule has 4 rings (SSSR count). The van der Waals surface area contributed by atoms with Crippen LogP contribution in [0, 0.1) is 29.6 Å². The van der Waals surface area contributed by atoms with Crippen LogP contribution >= 0.6 is 0 Å². The van der Waals surface area contributed by atoms with Crippen molar-refractivity contribution in [1.82, 2.24) is 10.6 Å². The van der Waals surface area contributed by atoms with E-state index in [9.17, 15) is 0 Å². The Morgan fingerprint density at radius 1 is 1.00 bits per heavy atom. The van der Waals surface area contributed by atoms with Crippen LogP contribution in [0.3, 0.4) is 0 Å². The number of hydrogen-bond donors (Lipinski definition) is 2. The summed E-state index contributed by atoms with van der Waals surface area (Å²) in [6.45, 7) is 9.92. The van der Waals surface area contributed by atoms with Crippen LogP contribution in [0.5, 0.6) is 0 Å². The maximum absolute atomic E-state index is 3.91. The Kier molecular flexibility index (Phi) is 6.57. The lowest BCUT2D eigenvalue weighted by molar-refractivity contribution is -0.0133. The van der Waals surface area contributed by atoms with Crippen molar-refractivity contribution < 1.29 is 0 Å². The molecule has 2 nitrogen and oxygen atoms in total. The molecule has 4 aliphatic carbocycles. The van der Waals surface area contributed by atoms with Crippen molar-refractivity contribution in [3.05, 3.63) is 23.8 Å². The number of nitrogens with one attached hydrogen (secondary N) is 2. The first-order valence-electron chi connectivity index (χ1n) is 10.4. The van der Waals surface area contributed by atoms with E-state index in [0.29, 0.717) is 5.92 Å². The van der Waals surface area contributed by atoms with Crippen LogP contribution in [0.4, 0.5) is 0 Å². The zero-order chi connectivity index (χ0) is 16.9. The summed E-state index contributed by atoms with van der Waals surface area (Å²) in [5.74, 6) is 4.82. The van der Waals surface area contributed by atoms with Crippen LogP contribution in [0.2, 0.25) is 0 Å². The first-order valence-corrected chi connectivity index (χ1v) is 10.4. The quantitative estimate of drug-likeness (QED) is 0.479. The minimum atomic E-state index is 0.659. The molecular formula is C22H38N2. The van der Waals surface area contributed by atoms with Crippen LogP contribution in [-0.4, -0.2) is 25.7 Å². The van der Waals surface area contributed by atoms with Crippen LogP contribution in [0.25, 0.3) is 0 Å². The van der Waals surface area contributed by atoms with Crippen LogP contribution in [0.15, 0.2) is 23.8 Å². The van der Waals surface area contributed by atoms with E-state index in [1.807, 2.05) is 0 Å². The van der Waals surface area contributed by atoms with E-state index in [1.165, 1.54) is 31.3 Å². The second-order valence-corrected chi connectivity index (χ2v) is 9.04. The average Bonchev–Trinajstić information content (AvgIpc) is 2.51. The van der Waals surface area contributed by atoms with Crippen molar-refractivity contribution in [3.63, 3.8) is 0 Å². The Labute approximate surface area is 149 Å². The molecule has 4 bridgehead atoms. The Hall–Kier alpha value is -0.600. The van der Waals surface area contributed by atoms with E-state index in [4.69, 9.17) is 0 Å². The van der Waals surface area contributed by atoms with Gasteiger partial charge in [-0.2, -0.15) is 0 Å². The van der Waals surface area contributed by atoms with E-state index in [0.717, 1.165) is 55.8 Å². The molecule has 0 spiro atoms. The highest BCUT2D eigenvalue weighted by Gasteiger charge is 2.47. The van der Waals surface area contributed by atoms with Gasteiger partial charge in [0.1, 0.15) is 0 Å². The molecule has 2 heteroatoms. The Morgan fingerprint density at radius 2 is 1.67 bits per heavy atom. The summed E-state index contributed by atoms with van der Waals surface area (Å²) < 4.78 is 0. The van der Waals surface area contributed by atoms with Gasteiger partial charge in [-0.05, 0) is 75.0 Å². The fourth-order valence-electron chi connectivity index (χ4n) is 5.54. The smallest absolute Gasteiger partial charge is 0.0138 e. The number of rotatable bonds is 9. The lowest BCUT2D eigenvalue weighted by Gasteiger charge is -2.54. The summed E-state index contributed by atoms with van der Waals surface area (Å²) in [5, 5.41) is 7.48. The summed E-state index contributed by atoms with van der Waals surface area (Å²) in [6.07, 6.45) is 15.6. The van der Waals surface area contributed by atoms with Gasteiger partial charge < -0.3 is 10.6 Å². The molecule has 136 valence electrons.